The van der Waals surface area contributed by atoms with E-state index in [2.05, 4.69) is 48.6 Å². The number of hydrogen-bond acceptors (Lipinski definition) is 1. The molecule has 0 aliphatic heterocycles. The molecule has 0 aliphatic rings. The molecule has 0 heterocycles. The Hall–Kier alpha value is -1.47. The van der Waals surface area contributed by atoms with Gasteiger partial charge in [-0.25, -0.2) is 0 Å². The maximum atomic E-state index is 5.88. The van der Waals surface area contributed by atoms with Crippen molar-refractivity contribution in [1.29, 1.82) is 0 Å². The highest BCUT2D eigenvalue weighted by atomic mass is 35.5. The fourth-order valence-corrected chi connectivity index (χ4v) is 2.30. The Morgan fingerprint density at radius 2 is 1.50 bits per heavy atom. The van der Waals surface area contributed by atoms with Gasteiger partial charge in [-0.15, -0.1) is 0 Å². The monoisotopic (exact) mass is 287 g/mol. The Labute approximate surface area is 127 Å². The molecule has 2 heteroatoms. The second-order valence-electron chi connectivity index (χ2n) is 5.13. The van der Waals surface area contributed by atoms with Crippen LogP contribution in [0.2, 0.25) is 5.02 Å². The normalized spacial score (nSPS) is 10.5. The van der Waals surface area contributed by atoms with Gasteiger partial charge in [0.15, 0.2) is 0 Å². The average Bonchev–Trinajstić information content (AvgIpc) is 2.48. The van der Waals surface area contributed by atoms with Gasteiger partial charge in [-0.1, -0.05) is 55.6 Å². The average molecular weight is 288 g/mol. The first-order valence-corrected chi connectivity index (χ1v) is 7.73. The Morgan fingerprint density at radius 1 is 0.850 bits per heavy atom. The van der Waals surface area contributed by atoms with E-state index in [1.165, 1.54) is 42.5 Å². The minimum atomic E-state index is 0.783. The van der Waals surface area contributed by atoms with Gasteiger partial charge in [0.1, 0.15) is 0 Å². The van der Waals surface area contributed by atoms with Gasteiger partial charge in [-0.05, 0) is 48.2 Å². The van der Waals surface area contributed by atoms with Crippen molar-refractivity contribution in [3.8, 4) is 0 Å². The lowest BCUT2D eigenvalue weighted by Crippen LogP contribution is -1.99. The van der Waals surface area contributed by atoms with Crippen LogP contribution in [0.15, 0.2) is 48.5 Å². The van der Waals surface area contributed by atoms with E-state index in [1.807, 2.05) is 12.1 Å². The molecule has 20 heavy (non-hydrogen) atoms. The van der Waals surface area contributed by atoms with E-state index in [0.29, 0.717) is 0 Å². The van der Waals surface area contributed by atoms with Crippen molar-refractivity contribution < 1.29 is 0 Å². The zero-order valence-electron chi connectivity index (χ0n) is 12.0. The van der Waals surface area contributed by atoms with E-state index in [-0.39, 0.29) is 0 Å². The number of nitrogens with one attached hydrogen (secondary N) is 1. The first-order chi connectivity index (χ1) is 9.78. The van der Waals surface area contributed by atoms with Crippen molar-refractivity contribution >= 4 is 17.3 Å². The molecule has 1 N–H and O–H groups in total. The number of rotatable bonds is 7. The van der Waals surface area contributed by atoms with E-state index in [9.17, 15) is 0 Å². The highest BCUT2D eigenvalue weighted by molar-refractivity contribution is 6.30. The van der Waals surface area contributed by atoms with Crippen molar-refractivity contribution in [2.75, 3.05) is 5.32 Å². The van der Waals surface area contributed by atoms with Gasteiger partial charge < -0.3 is 5.32 Å². The van der Waals surface area contributed by atoms with Gasteiger partial charge in [0, 0.05) is 17.3 Å². The highest BCUT2D eigenvalue weighted by Crippen LogP contribution is 2.14. The predicted molar refractivity (Wildman–Crippen MR) is 88.4 cm³/mol. The van der Waals surface area contributed by atoms with Crippen LogP contribution >= 0.6 is 11.6 Å². The summed E-state index contributed by atoms with van der Waals surface area (Å²) >= 11 is 5.88. The summed E-state index contributed by atoms with van der Waals surface area (Å²) in [5.41, 5.74) is 3.83. The Bertz CT molecular complexity index is 502. The summed E-state index contributed by atoms with van der Waals surface area (Å²) in [6.45, 7) is 3.07. The van der Waals surface area contributed by atoms with Crippen molar-refractivity contribution in [1.82, 2.24) is 0 Å². The number of anilines is 1. The summed E-state index contributed by atoms with van der Waals surface area (Å²) in [6, 6.07) is 16.7. The third-order valence-corrected chi connectivity index (χ3v) is 3.68. The molecule has 0 unspecified atom stereocenters. The van der Waals surface area contributed by atoms with Crippen LogP contribution in [0.3, 0.4) is 0 Å². The second-order valence-corrected chi connectivity index (χ2v) is 5.57. The van der Waals surface area contributed by atoms with E-state index >= 15 is 0 Å². The molecule has 2 aromatic carbocycles. The fraction of sp³-hybridized carbons (Fsp3) is 0.333. The maximum absolute atomic E-state index is 5.88. The molecule has 0 amide bonds. The largest absolute Gasteiger partial charge is 0.381 e. The van der Waals surface area contributed by atoms with Crippen LogP contribution in [0.25, 0.3) is 0 Å². The van der Waals surface area contributed by atoms with Crippen LogP contribution < -0.4 is 5.32 Å². The minimum absolute atomic E-state index is 0.783. The van der Waals surface area contributed by atoms with Crippen LogP contribution in [-0.4, -0.2) is 0 Å². The molecule has 0 saturated carbocycles. The van der Waals surface area contributed by atoms with Gasteiger partial charge in [0.25, 0.3) is 0 Å². The first-order valence-electron chi connectivity index (χ1n) is 7.35. The summed E-state index contributed by atoms with van der Waals surface area (Å²) in [6.07, 6.45) is 5.07. The van der Waals surface area contributed by atoms with Crippen molar-refractivity contribution in [2.24, 2.45) is 0 Å². The van der Waals surface area contributed by atoms with Gasteiger partial charge in [0.2, 0.25) is 0 Å². The maximum Gasteiger partial charge on any atom is 0.0406 e. The Balaban J connectivity index is 1.82. The van der Waals surface area contributed by atoms with E-state index < -0.39 is 0 Å². The molecule has 0 saturated heterocycles. The van der Waals surface area contributed by atoms with Gasteiger partial charge in [-0.2, -0.15) is 0 Å². The Kier molecular flexibility index (Phi) is 5.94. The van der Waals surface area contributed by atoms with Crippen LogP contribution in [0.5, 0.6) is 0 Å². The number of unbranched alkanes of at least 4 members (excludes halogenated alkanes) is 2. The summed E-state index contributed by atoms with van der Waals surface area (Å²) in [5.74, 6) is 0. The van der Waals surface area contributed by atoms with E-state index in [1.54, 1.807) is 0 Å². The Morgan fingerprint density at radius 3 is 2.15 bits per heavy atom. The van der Waals surface area contributed by atoms with E-state index in [0.717, 1.165) is 11.6 Å². The molecule has 0 aromatic heterocycles. The van der Waals surface area contributed by atoms with Crippen LogP contribution in [-0.2, 0) is 13.0 Å². The molecule has 0 atom stereocenters. The summed E-state index contributed by atoms with van der Waals surface area (Å²) in [4.78, 5) is 0. The highest BCUT2D eigenvalue weighted by Gasteiger charge is 1.96. The van der Waals surface area contributed by atoms with E-state index in [4.69, 9.17) is 11.6 Å². The van der Waals surface area contributed by atoms with Crippen LogP contribution in [0.4, 0.5) is 5.69 Å². The minimum Gasteiger partial charge on any atom is -0.381 e. The first kappa shape index (κ1) is 14.9. The zero-order valence-corrected chi connectivity index (χ0v) is 12.8. The number of halogens is 1. The smallest absolute Gasteiger partial charge is 0.0406 e. The summed E-state index contributed by atoms with van der Waals surface area (Å²) in [7, 11) is 0. The predicted octanol–water partition coefficient (Wildman–Crippen LogP) is 5.68. The fourth-order valence-electron chi connectivity index (χ4n) is 2.17. The molecular formula is C18H22ClN. The third kappa shape index (κ3) is 4.90. The van der Waals surface area contributed by atoms with Crippen LogP contribution in [0, 0.1) is 0 Å². The van der Waals surface area contributed by atoms with Gasteiger partial charge in [0.05, 0.1) is 0 Å². The molecule has 0 radical (unpaired) electrons. The number of aryl methyl sites for hydroxylation is 1. The molecule has 0 bridgehead atoms. The molecular weight excluding hydrogens is 266 g/mol. The van der Waals surface area contributed by atoms with Gasteiger partial charge in [-0.3, -0.25) is 0 Å². The number of hydrogen-bond donors (Lipinski definition) is 1. The number of benzene rings is 2. The SMILES string of the molecule is CCCCCc1ccc(NCc2ccc(Cl)cc2)cc1. The summed E-state index contributed by atoms with van der Waals surface area (Å²) in [5, 5.41) is 4.21. The van der Waals surface area contributed by atoms with Crippen molar-refractivity contribution in [3.05, 3.63) is 64.7 Å². The van der Waals surface area contributed by atoms with Crippen molar-refractivity contribution in [3.63, 3.8) is 0 Å². The molecule has 2 aromatic rings. The quantitative estimate of drug-likeness (QED) is 0.646. The van der Waals surface area contributed by atoms with Crippen LogP contribution in [0.1, 0.15) is 37.3 Å². The lowest BCUT2D eigenvalue weighted by atomic mass is 10.1. The van der Waals surface area contributed by atoms with Gasteiger partial charge >= 0.3 is 0 Å². The molecule has 0 fully saturated rings. The second kappa shape index (κ2) is 7.96. The summed E-state index contributed by atoms with van der Waals surface area (Å²) < 4.78 is 0. The molecule has 1 nitrogen and oxygen atoms in total. The topological polar surface area (TPSA) is 12.0 Å². The zero-order chi connectivity index (χ0) is 14.2. The van der Waals surface area contributed by atoms with Crippen molar-refractivity contribution in [2.45, 2.75) is 39.2 Å². The lowest BCUT2D eigenvalue weighted by molar-refractivity contribution is 0.717. The molecule has 0 spiro atoms. The lowest BCUT2D eigenvalue weighted by Gasteiger charge is -2.08. The molecule has 2 rings (SSSR count). The molecule has 106 valence electrons. The molecule has 0 aliphatic carbocycles. The standard InChI is InChI=1S/C18H22ClN/c1-2-3-4-5-15-8-12-18(13-9-15)20-14-16-6-10-17(19)11-7-16/h6-13,20H,2-5,14H2,1H3. The third-order valence-electron chi connectivity index (χ3n) is 3.43.